The van der Waals surface area contributed by atoms with Crippen LogP contribution in [0.2, 0.25) is 0 Å². The van der Waals surface area contributed by atoms with E-state index in [9.17, 15) is 4.79 Å². The predicted octanol–water partition coefficient (Wildman–Crippen LogP) is 2.34. The summed E-state index contributed by atoms with van der Waals surface area (Å²) in [6.07, 6.45) is 12.8. The zero-order valence-electron chi connectivity index (χ0n) is 13.9. The lowest BCUT2D eigenvalue weighted by atomic mass is 9.82. The Bertz CT molecular complexity index is 543. The molecular weight excluding hydrogens is 288 g/mol. The number of amides is 1. The fraction of sp³-hybridized carbons (Fsp3) is 0.778. The largest absolute Gasteiger partial charge is 0.342 e. The van der Waals surface area contributed by atoms with Gasteiger partial charge in [0, 0.05) is 31.0 Å². The Hall–Kier alpha value is -1.36. The number of aromatic nitrogens is 2. The van der Waals surface area contributed by atoms with E-state index in [1.54, 1.807) is 0 Å². The zero-order valence-corrected chi connectivity index (χ0v) is 13.9. The molecule has 0 spiro atoms. The lowest BCUT2D eigenvalue weighted by Crippen LogP contribution is -2.48. The van der Waals surface area contributed by atoms with Crippen molar-refractivity contribution in [1.82, 2.24) is 14.7 Å². The van der Waals surface area contributed by atoms with Crippen molar-refractivity contribution in [3.63, 3.8) is 0 Å². The maximum absolute atomic E-state index is 13.1. The third kappa shape index (κ3) is 2.91. The average Bonchev–Trinajstić information content (AvgIpc) is 3.13. The van der Waals surface area contributed by atoms with E-state index in [0.717, 1.165) is 45.2 Å². The van der Waals surface area contributed by atoms with E-state index in [2.05, 4.69) is 10.00 Å². The number of hydrogen-bond acceptors (Lipinski definition) is 3. The second-order valence-corrected chi connectivity index (χ2v) is 7.78. The lowest BCUT2D eigenvalue weighted by molar-refractivity contribution is -0.140. The third-order valence-electron chi connectivity index (χ3n) is 6.36. The maximum atomic E-state index is 13.1. The van der Waals surface area contributed by atoms with Gasteiger partial charge in [-0.1, -0.05) is 12.8 Å². The van der Waals surface area contributed by atoms with Gasteiger partial charge in [0.1, 0.15) is 0 Å². The molecule has 5 nitrogen and oxygen atoms in total. The fourth-order valence-corrected chi connectivity index (χ4v) is 4.65. The van der Waals surface area contributed by atoms with Crippen molar-refractivity contribution in [2.75, 3.05) is 13.1 Å². The highest BCUT2D eigenvalue weighted by Crippen LogP contribution is 2.44. The molecule has 126 valence electrons. The Morgan fingerprint density at radius 1 is 1.13 bits per heavy atom. The van der Waals surface area contributed by atoms with Gasteiger partial charge < -0.3 is 10.6 Å². The smallest absolute Gasteiger partial charge is 0.227 e. The van der Waals surface area contributed by atoms with Crippen LogP contribution in [-0.4, -0.2) is 39.2 Å². The standard InChI is InChI=1S/C18H28N4O/c19-18(8-9-18)14-6-12-21(13-7-14)17(23)15-4-1-2-5-16(15)22-11-3-10-20-22/h3,10-11,14-16H,1-2,4-9,12-13,19H2. The number of piperidine rings is 1. The molecule has 2 saturated carbocycles. The van der Waals surface area contributed by atoms with E-state index >= 15 is 0 Å². The van der Waals surface area contributed by atoms with Crippen LogP contribution in [0.5, 0.6) is 0 Å². The Balaban J connectivity index is 1.41. The van der Waals surface area contributed by atoms with Gasteiger partial charge in [0.05, 0.1) is 12.0 Å². The van der Waals surface area contributed by atoms with Crippen LogP contribution >= 0.6 is 0 Å². The molecular formula is C18H28N4O. The van der Waals surface area contributed by atoms with Crippen molar-refractivity contribution in [1.29, 1.82) is 0 Å². The van der Waals surface area contributed by atoms with Gasteiger partial charge in [0.25, 0.3) is 0 Å². The van der Waals surface area contributed by atoms with Gasteiger partial charge in [-0.05, 0) is 50.5 Å². The van der Waals surface area contributed by atoms with Crippen LogP contribution in [-0.2, 0) is 4.79 Å². The highest BCUT2D eigenvalue weighted by atomic mass is 16.2. The monoisotopic (exact) mass is 316 g/mol. The molecule has 2 heterocycles. The summed E-state index contributed by atoms with van der Waals surface area (Å²) in [5, 5.41) is 4.40. The van der Waals surface area contributed by atoms with Gasteiger partial charge in [-0.3, -0.25) is 9.48 Å². The summed E-state index contributed by atoms with van der Waals surface area (Å²) in [6.45, 7) is 1.79. The first-order valence-electron chi connectivity index (χ1n) is 9.24. The molecule has 0 aromatic carbocycles. The quantitative estimate of drug-likeness (QED) is 0.931. The van der Waals surface area contributed by atoms with Crippen LogP contribution in [0, 0.1) is 11.8 Å². The van der Waals surface area contributed by atoms with Gasteiger partial charge in [-0.25, -0.2) is 0 Å². The first kappa shape index (κ1) is 15.2. The highest BCUT2D eigenvalue weighted by Gasteiger charge is 2.47. The van der Waals surface area contributed by atoms with Crippen LogP contribution < -0.4 is 5.73 Å². The SMILES string of the molecule is NC1(C2CCN(C(=O)C3CCCCC3n3cccn3)CC2)CC1. The predicted molar refractivity (Wildman–Crippen MR) is 88.7 cm³/mol. The molecule has 1 aromatic heterocycles. The molecule has 3 aliphatic rings. The van der Waals surface area contributed by atoms with E-state index in [-0.39, 0.29) is 17.5 Å². The summed E-state index contributed by atoms with van der Waals surface area (Å²) in [6, 6.07) is 2.20. The van der Waals surface area contributed by atoms with Crippen LogP contribution in [0.3, 0.4) is 0 Å². The van der Waals surface area contributed by atoms with E-state index in [1.165, 1.54) is 19.3 Å². The summed E-state index contributed by atoms with van der Waals surface area (Å²) in [5.74, 6) is 1.08. The van der Waals surface area contributed by atoms with Crippen LogP contribution in [0.15, 0.2) is 18.5 Å². The molecule has 3 fully saturated rings. The van der Waals surface area contributed by atoms with E-state index in [4.69, 9.17) is 5.73 Å². The Morgan fingerprint density at radius 2 is 1.87 bits per heavy atom. The number of rotatable bonds is 3. The Kier molecular flexibility index (Phi) is 3.92. The summed E-state index contributed by atoms with van der Waals surface area (Å²) in [4.78, 5) is 15.2. The van der Waals surface area contributed by atoms with Gasteiger partial charge >= 0.3 is 0 Å². The number of hydrogen-bond donors (Lipinski definition) is 1. The number of nitrogens with two attached hydrogens (primary N) is 1. The average molecular weight is 316 g/mol. The molecule has 5 heteroatoms. The minimum atomic E-state index is 0.105. The van der Waals surface area contributed by atoms with Crippen LogP contribution in [0.4, 0.5) is 0 Å². The first-order chi connectivity index (χ1) is 11.2. The number of likely N-dealkylation sites (tertiary alicyclic amines) is 1. The van der Waals surface area contributed by atoms with Crippen molar-refractivity contribution in [3.8, 4) is 0 Å². The van der Waals surface area contributed by atoms with E-state index in [0.29, 0.717) is 11.8 Å². The third-order valence-corrected chi connectivity index (χ3v) is 6.36. The van der Waals surface area contributed by atoms with E-state index < -0.39 is 0 Å². The summed E-state index contributed by atoms with van der Waals surface area (Å²) in [7, 11) is 0. The van der Waals surface area contributed by atoms with Gasteiger partial charge in [-0.15, -0.1) is 0 Å². The van der Waals surface area contributed by atoms with Crippen molar-refractivity contribution in [2.45, 2.75) is 62.9 Å². The summed E-state index contributed by atoms with van der Waals surface area (Å²) < 4.78 is 2.01. The second kappa shape index (κ2) is 5.93. The lowest BCUT2D eigenvalue weighted by Gasteiger charge is -2.39. The minimum absolute atomic E-state index is 0.105. The fourth-order valence-electron chi connectivity index (χ4n) is 4.65. The zero-order chi connectivity index (χ0) is 15.9. The molecule has 1 amide bonds. The van der Waals surface area contributed by atoms with Crippen molar-refractivity contribution >= 4 is 5.91 Å². The highest BCUT2D eigenvalue weighted by molar-refractivity contribution is 5.79. The summed E-state index contributed by atoms with van der Waals surface area (Å²) in [5.41, 5.74) is 6.47. The van der Waals surface area contributed by atoms with E-state index in [1.807, 2.05) is 23.1 Å². The molecule has 0 bridgehead atoms. The molecule has 1 saturated heterocycles. The maximum Gasteiger partial charge on any atom is 0.227 e. The molecule has 2 unspecified atom stereocenters. The molecule has 2 aliphatic carbocycles. The Labute approximate surface area is 138 Å². The molecule has 2 N–H and O–H groups in total. The molecule has 23 heavy (non-hydrogen) atoms. The summed E-state index contributed by atoms with van der Waals surface area (Å²) >= 11 is 0. The Morgan fingerprint density at radius 3 is 2.52 bits per heavy atom. The molecule has 4 rings (SSSR count). The second-order valence-electron chi connectivity index (χ2n) is 7.78. The van der Waals surface area contributed by atoms with Crippen LogP contribution in [0.1, 0.15) is 57.4 Å². The van der Waals surface area contributed by atoms with Gasteiger partial charge in [0.2, 0.25) is 5.91 Å². The number of carbonyl (C=O) groups is 1. The van der Waals surface area contributed by atoms with Crippen molar-refractivity contribution in [2.24, 2.45) is 17.6 Å². The number of nitrogens with zero attached hydrogens (tertiary/aromatic N) is 3. The molecule has 1 aromatic rings. The minimum Gasteiger partial charge on any atom is -0.342 e. The van der Waals surface area contributed by atoms with Gasteiger partial charge in [-0.2, -0.15) is 5.10 Å². The normalized spacial score (nSPS) is 31.1. The van der Waals surface area contributed by atoms with Crippen LogP contribution in [0.25, 0.3) is 0 Å². The topological polar surface area (TPSA) is 64.2 Å². The van der Waals surface area contributed by atoms with Gasteiger partial charge in [0.15, 0.2) is 0 Å². The molecule has 2 atom stereocenters. The first-order valence-corrected chi connectivity index (χ1v) is 9.24. The number of carbonyl (C=O) groups excluding carboxylic acids is 1. The van der Waals surface area contributed by atoms with Crippen molar-refractivity contribution in [3.05, 3.63) is 18.5 Å². The molecule has 0 radical (unpaired) electrons. The van der Waals surface area contributed by atoms with Crippen molar-refractivity contribution < 1.29 is 4.79 Å². The molecule has 1 aliphatic heterocycles.